The molecule has 6 nitrogen and oxygen atoms in total. The molecule has 152 valence electrons. The van der Waals surface area contributed by atoms with Crippen molar-refractivity contribution in [3.63, 3.8) is 0 Å². The molecule has 1 amide bonds. The molecule has 2 aromatic carbocycles. The van der Waals surface area contributed by atoms with E-state index in [0.717, 1.165) is 5.56 Å². The molecule has 0 aliphatic rings. The summed E-state index contributed by atoms with van der Waals surface area (Å²) in [5, 5.41) is 7.34. The molecule has 1 heterocycles. The van der Waals surface area contributed by atoms with Crippen molar-refractivity contribution in [1.29, 1.82) is 0 Å². The minimum atomic E-state index is -3.39. The van der Waals surface area contributed by atoms with Crippen LogP contribution in [0.3, 0.4) is 0 Å². The maximum atomic E-state index is 12.6. The zero-order valence-electron chi connectivity index (χ0n) is 15.8. The molecule has 29 heavy (non-hydrogen) atoms. The Kier molecular flexibility index (Phi) is 6.31. The van der Waals surface area contributed by atoms with Gasteiger partial charge in [0.05, 0.1) is 32.9 Å². The summed E-state index contributed by atoms with van der Waals surface area (Å²) in [5.41, 5.74) is 1.10. The molecule has 1 aromatic heterocycles. The van der Waals surface area contributed by atoms with Crippen LogP contribution in [0.4, 0.5) is 5.82 Å². The number of halogens is 2. The van der Waals surface area contributed by atoms with E-state index in [1.54, 1.807) is 42.9 Å². The van der Waals surface area contributed by atoms with E-state index < -0.39 is 15.1 Å². The third-order valence-corrected chi connectivity index (χ3v) is 7.40. The van der Waals surface area contributed by atoms with Gasteiger partial charge in [-0.3, -0.25) is 4.79 Å². The molecule has 0 spiro atoms. The molecule has 9 heteroatoms. The predicted molar refractivity (Wildman–Crippen MR) is 115 cm³/mol. The number of carbonyl (C=O) groups excluding carboxylic acids is 1. The summed E-state index contributed by atoms with van der Waals surface area (Å²) in [4.78, 5) is 12.8. The molecule has 0 bridgehead atoms. The molecule has 0 aliphatic heterocycles. The lowest BCUT2D eigenvalue weighted by atomic mass is 10.2. The van der Waals surface area contributed by atoms with Crippen LogP contribution in [0.5, 0.6) is 0 Å². The zero-order valence-corrected chi connectivity index (χ0v) is 18.1. The minimum Gasteiger partial charge on any atom is -0.307 e. The first-order valence-electron chi connectivity index (χ1n) is 8.80. The smallest absolute Gasteiger partial charge is 0.256 e. The van der Waals surface area contributed by atoms with E-state index in [2.05, 4.69) is 10.4 Å². The molecule has 0 atom stereocenters. The molecule has 0 radical (unpaired) electrons. The van der Waals surface area contributed by atoms with Crippen molar-refractivity contribution in [1.82, 2.24) is 9.78 Å². The first-order valence-corrected chi connectivity index (χ1v) is 11.1. The Hall–Kier alpha value is -2.35. The second-order valence-corrected chi connectivity index (χ2v) is 9.95. The van der Waals surface area contributed by atoms with Gasteiger partial charge in [-0.2, -0.15) is 5.10 Å². The molecule has 1 N–H and O–H groups in total. The molecule has 0 aliphatic carbocycles. The summed E-state index contributed by atoms with van der Waals surface area (Å²) >= 11 is 12.3. The number of nitrogens with zero attached hydrogens (tertiary/aromatic N) is 2. The van der Waals surface area contributed by atoms with Crippen LogP contribution in [0.25, 0.3) is 0 Å². The largest absolute Gasteiger partial charge is 0.307 e. The van der Waals surface area contributed by atoms with Crippen molar-refractivity contribution in [2.45, 2.75) is 30.5 Å². The van der Waals surface area contributed by atoms with Crippen LogP contribution in [0.2, 0.25) is 10.0 Å². The van der Waals surface area contributed by atoms with E-state index in [9.17, 15) is 13.2 Å². The lowest BCUT2D eigenvalue weighted by Gasteiger charge is -2.11. The van der Waals surface area contributed by atoms with Gasteiger partial charge in [-0.05, 0) is 49.7 Å². The average molecular weight is 452 g/mol. The molecule has 0 saturated carbocycles. The zero-order chi connectivity index (χ0) is 21.2. The Morgan fingerprint density at radius 1 is 1.10 bits per heavy atom. The summed E-state index contributed by atoms with van der Waals surface area (Å²) in [6.45, 7) is 3.56. The van der Waals surface area contributed by atoms with Crippen molar-refractivity contribution in [2.24, 2.45) is 0 Å². The van der Waals surface area contributed by atoms with Crippen LogP contribution < -0.4 is 5.32 Å². The van der Waals surface area contributed by atoms with Crippen molar-refractivity contribution >= 4 is 44.8 Å². The second-order valence-electron chi connectivity index (χ2n) is 6.66. The number of hydrogen-bond acceptors (Lipinski definition) is 4. The summed E-state index contributed by atoms with van der Waals surface area (Å²) in [6.07, 6.45) is 1.56. The highest BCUT2D eigenvalue weighted by Crippen LogP contribution is 2.26. The van der Waals surface area contributed by atoms with Gasteiger partial charge in [0.25, 0.3) is 5.91 Å². The van der Waals surface area contributed by atoms with Crippen molar-refractivity contribution in [2.75, 3.05) is 5.32 Å². The molecular weight excluding hydrogens is 433 g/mol. The Labute approximate surface area is 179 Å². The number of rotatable bonds is 6. The normalized spacial score (nSPS) is 11.6. The third-order valence-electron chi connectivity index (χ3n) is 4.38. The van der Waals surface area contributed by atoms with Gasteiger partial charge in [-0.15, -0.1) is 0 Å². The van der Waals surface area contributed by atoms with Gasteiger partial charge in [-0.25, -0.2) is 13.1 Å². The first kappa shape index (κ1) is 21.4. The van der Waals surface area contributed by atoms with Crippen LogP contribution in [0, 0.1) is 0 Å². The van der Waals surface area contributed by atoms with Gasteiger partial charge >= 0.3 is 0 Å². The molecule has 0 saturated heterocycles. The predicted octanol–water partition coefficient (Wildman–Crippen LogP) is 4.67. The highest BCUT2D eigenvalue weighted by Gasteiger charge is 2.19. The van der Waals surface area contributed by atoms with Crippen LogP contribution >= 0.6 is 23.2 Å². The highest BCUT2D eigenvalue weighted by molar-refractivity contribution is 7.92. The quantitative estimate of drug-likeness (QED) is 0.589. The van der Waals surface area contributed by atoms with E-state index in [4.69, 9.17) is 23.2 Å². The lowest BCUT2D eigenvalue weighted by molar-refractivity contribution is 0.102. The Morgan fingerprint density at radius 3 is 2.45 bits per heavy atom. The van der Waals surface area contributed by atoms with E-state index in [1.165, 1.54) is 24.3 Å². The second kappa shape index (κ2) is 8.57. The van der Waals surface area contributed by atoms with Crippen molar-refractivity contribution in [3.8, 4) is 0 Å². The number of nitrogens with one attached hydrogen (secondary N) is 1. The maximum Gasteiger partial charge on any atom is 0.256 e. The van der Waals surface area contributed by atoms with E-state index in [-0.39, 0.29) is 10.8 Å². The third kappa shape index (κ3) is 4.63. The van der Waals surface area contributed by atoms with Crippen LogP contribution in [-0.2, 0) is 16.4 Å². The number of amides is 1. The fourth-order valence-electron chi connectivity index (χ4n) is 2.65. The van der Waals surface area contributed by atoms with Gasteiger partial charge in [0, 0.05) is 11.6 Å². The van der Waals surface area contributed by atoms with Crippen molar-refractivity contribution in [3.05, 3.63) is 75.9 Å². The summed E-state index contributed by atoms with van der Waals surface area (Å²) in [6, 6.07) is 12.8. The Balaban J connectivity index is 1.77. The topological polar surface area (TPSA) is 81.1 Å². The Morgan fingerprint density at radius 2 is 1.79 bits per heavy atom. The van der Waals surface area contributed by atoms with Gasteiger partial charge < -0.3 is 5.32 Å². The SMILES string of the molecule is CC(C)S(=O)(=O)c1ccc(C(=O)Nc2ccnn2Cc2cccc(Cl)c2Cl)cc1. The molecule has 0 fully saturated rings. The standard InChI is InChI=1S/C20H19Cl2N3O3S/c1-13(2)29(27,28)16-8-6-14(7-9-16)20(26)24-18-10-11-23-25(18)12-15-4-3-5-17(21)19(15)22/h3-11,13H,12H2,1-2H3,(H,24,26). The fourth-order valence-corrected chi connectivity index (χ4v) is 4.09. The van der Waals surface area contributed by atoms with E-state index in [0.29, 0.717) is 28.0 Å². The van der Waals surface area contributed by atoms with Gasteiger partial charge in [0.1, 0.15) is 5.82 Å². The van der Waals surface area contributed by atoms with Gasteiger partial charge in [0.2, 0.25) is 0 Å². The van der Waals surface area contributed by atoms with Gasteiger partial charge in [0.15, 0.2) is 9.84 Å². The van der Waals surface area contributed by atoms with Crippen molar-refractivity contribution < 1.29 is 13.2 Å². The van der Waals surface area contributed by atoms with Gasteiger partial charge in [-0.1, -0.05) is 35.3 Å². The fraction of sp³-hybridized carbons (Fsp3) is 0.200. The number of sulfone groups is 1. The summed E-state index contributed by atoms with van der Waals surface area (Å²) < 4.78 is 26.0. The monoisotopic (exact) mass is 451 g/mol. The first-order chi connectivity index (χ1) is 13.7. The van der Waals surface area contributed by atoms with Crippen LogP contribution in [0.1, 0.15) is 29.8 Å². The van der Waals surface area contributed by atoms with E-state index >= 15 is 0 Å². The van der Waals surface area contributed by atoms with E-state index in [1.807, 2.05) is 6.07 Å². The molecular formula is C20H19Cl2N3O3S. The average Bonchev–Trinajstić information content (AvgIpc) is 3.12. The number of anilines is 1. The number of aromatic nitrogens is 2. The summed E-state index contributed by atoms with van der Waals surface area (Å²) in [5.74, 6) is 0.0994. The maximum absolute atomic E-state index is 12.6. The Bertz CT molecular complexity index is 1140. The summed E-state index contributed by atoms with van der Waals surface area (Å²) in [7, 11) is -3.39. The number of hydrogen-bond donors (Lipinski definition) is 1. The molecule has 3 aromatic rings. The van der Waals surface area contributed by atoms with Crippen LogP contribution in [-0.4, -0.2) is 29.4 Å². The minimum absolute atomic E-state index is 0.185. The molecule has 3 rings (SSSR count). The molecule has 0 unspecified atom stereocenters. The van der Waals surface area contributed by atoms with Crippen LogP contribution in [0.15, 0.2) is 59.6 Å². The number of benzene rings is 2. The number of carbonyl (C=O) groups is 1. The highest BCUT2D eigenvalue weighted by atomic mass is 35.5. The lowest BCUT2D eigenvalue weighted by Crippen LogP contribution is -2.17.